The quantitative estimate of drug-likeness (QED) is 0.225. The van der Waals surface area contributed by atoms with Gasteiger partial charge in [-0.2, -0.15) is 0 Å². The molecule has 0 nitrogen and oxygen atoms in total. The van der Waals surface area contributed by atoms with E-state index in [4.69, 9.17) is 0 Å². The molecule has 0 amide bonds. The van der Waals surface area contributed by atoms with E-state index in [2.05, 4.69) is 142 Å². The van der Waals surface area contributed by atoms with Crippen LogP contribution in [0, 0.1) is 7.14 Å². The first-order chi connectivity index (χ1) is 12.7. The molecule has 0 atom stereocenters. The second-order valence-electron chi connectivity index (χ2n) is 6.17. The Bertz CT molecular complexity index is 911. The maximum Gasteiger partial charge on any atom is 0.0130 e. The van der Waals surface area contributed by atoms with Crippen LogP contribution in [0.15, 0.2) is 97.1 Å². The third kappa shape index (κ3) is 4.01. The summed E-state index contributed by atoms with van der Waals surface area (Å²) in [6.07, 6.45) is 0. The molecule has 0 aromatic heterocycles. The number of hydrogen-bond acceptors (Lipinski definition) is 0. The lowest BCUT2D eigenvalue weighted by Crippen LogP contribution is -1.82. The first-order valence-corrected chi connectivity index (χ1v) is 10.6. The molecular formula is C24H16I2. The summed E-state index contributed by atoms with van der Waals surface area (Å²) < 4.78 is 2.52. The van der Waals surface area contributed by atoms with Gasteiger partial charge >= 0.3 is 0 Å². The van der Waals surface area contributed by atoms with Gasteiger partial charge in [-0.05, 0) is 103 Å². The van der Waals surface area contributed by atoms with Crippen molar-refractivity contribution >= 4 is 45.2 Å². The molecule has 0 spiro atoms. The molecule has 0 aliphatic heterocycles. The maximum absolute atomic E-state index is 2.34. The molecule has 0 heterocycles. The number of halogens is 2. The summed E-state index contributed by atoms with van der Waals surface area (Å²) >= 11 is 4.67. The van der Waals surface area contributed by atoms with Gasteiger partial charge in [-0.25, -0.2) is 0 Å². The van der Waals surface area contributed by atoms with E-state index < -0.39 is 0 Å². The van der Waals surface area contributed by atoms with Crippen LogP contribution in [-0.2, 0) is 0 Å². The lowest BCUT2D eigenvalue weighted by atomic mass is 9.98. The highest BCUT2D eigenvalue weighted by Gasteiger charge is 2.02. The van der Waals surface area contributed by atoms with E-state index in [9.17, 15) is 0 Å². The molecule has 0 saturated carbocycles. The Hall–Kier alpha value is -1.66. The van der Waals surface area contributed by atoms with Crippen LogP contribution in [0.1, 0.15) is 0 Å². The normalized spacial score (nSPS) is 10.7. The Morgan fingerprint density at radius 1 is 0.269 bits per heavy atom. The number of rotatable bonds is 3. The zero-order chi connectivity index (χ0) is 17.9. The molecule has 126 valence electrons. The van der Waals surface area contributed by atoms with Crippen molar-refractivity contribution in [3.63, 3.8) is 0 Å². The molecule has 0 unspecified atom stereocenters. The lowest BCUT2D eigenvalue weighted by molar-refractivity contribution is 1.56. The van der Waals surface area contributed by atoms with Crippen LogP contribution in [0.2, 0.25) is 0 Å². The van der Waals surface area contributed by atoms with Crippen molar-refractivity contribution in [3.05, 3.63) is 104 Å². The van der Waals surface area contributed by atoms with Crippen LogP contribution in [0.5, 0.6) is 0 Å². The van der Waals surface area contributed by atoms with E-state index in [-0.39, 0.29) is 0 Å². The largest absolute Gasteiger partial charge is 0.0538 e. The Morgan fingerprint density at radius 3 is 0.615 bits per heavy atom. The molecule has 0 aliphatic carbocycles. The van der Waals surface area contributed by atoms with Gasteiger partial charge in [-0.15, -0.1) is 0 Å². The van der Waals surface area contributed by atoms with Gasteiger partial charge in [0.1, 0.15) is 0 Å². The molecule has 2 heteroatoms. The number of benzene rings is 4. The summed E-state index contributed by atoms with van der Waals surface area (Å²) in [7, 11) is 0. The van der Waals surface area contributed by atoms with Gasteiger partial charge in [-0.1, -0.05) is 72.8 Å². The van der Waals surface area contributed by atoms with Crippen LogP contribution in [-0.4, -0.2) is 0 Å². The average molecular weight is 558 g/mol. The Morgan fingerprint density at radius 2 is 0.423 bits per heavy atom. The van der Waals surface area contributed by atoms with E-state index in [1.54, 1.807) is 0 Å². The third-order valence-corrected chi connectivity index (χ3v) is 5.90. The van der Waals surface area contributed by atoms with Gasteiger partial charge < -0.3 is 0 Å². The minimum absolute atomic E-state index is 1.24. The predicted octanol–water partition coefficient (Wildman–Crippen LogP) is 7.90. The zero-order valence-corrected chi connectivity index (χ0v) is 18.3. The van der Waals surface area contributed by atoms with Crippen LogP contribution in [0.25, 0.3) is 33.4 Å². The SMILES string of the molecule is Ic1ccc(-c2ccc(-c3ccc(-c4ccc(I)cc4)cc3)cc2)cc1. The van der Waals surface area contributed by atoms with Crippen molar-refractivity contribution in [2.45, 2.75) is 0 Å². The molecule has 0 aliphatic rings. The summed E-state index contributed by atoms with van der Waals surface area (Å²) in [5.74, 6) is 0. The minimum Gasteiger partial charge on any atom is -0.0538 e. The van der Waals surface area contributed by atoms with Crippen molar-refractivity contribution in [3.8, 4) is 33.4 Å². The van der Waals surface area contributed by atoms with Crippen molar-refractivity contribution in [1.82, 2.24) is 0 Å². The molecule has 4 aromatic rings. The van der Waals surface area contributed by atoms with Gasteiger partial charge in [-0.3, -0.25) is 0 Å². The highest BCUT2D eigenvalue weighted by molar-refractivity contribution is 14.1. The fraction of sp³-hybridized carbons (Fsp3) is 0. The van der Waals surface area contributed by atoms with Gasteiger partial charge in [0.05, 0.1) is 0 Å². The Balaban J connectivity index is 1.57. The summed E-state index contributed by atoms with van der Waals surface area (Å²) in [5.41, 5.74) is 7.50. The summed E-state index contributed by atoms with van der Waals surface area (Å²) in [6, 6.07) is 34.9. The second kappa shape index (κ2) is 7.92. The fourth-order valence-electron chi connectivity index (χ4n) is 2.99. The fourth-order valence-corrected chi connectivity index (χ4v) is 3.71. The predicted molar refractivity (Wildman–Crippen MR) is 128 cm³/mol. The molecule has 0 bridgehead atoms. The summed E-state index contributed by atoms with van der Waals surface area (Å²) in [5, 5.41) is 0. The van der Waals surface area contributed by atoms with Crippen LogP contribution >= 0.6 is 45.2 Å². The molecule has 0 N–H and O–H groups in total. The molecule has 0 fully saturated rings. The van der Waals surface area contributed by atoms with Gasteiger partial charge in [0.2, 0.25) is 0 Å². The van der Waals surface area contributed by atoms with E-state index in [1.807, 2.05) is 0 Å². The standard InChI is InChI=1S/C24H16I2/c25-23-13-9-21(10-14-23)19-5-1-17(2-6-19)18-3-7-20(8-4-18)22-11-15-24(26)16-12-22/h1-16H. The molecule has 4 rings (SSSR count). The molecule has 0 radical (unpaired) electrons. The zero-order valence-electron chi connectivity index (χ0n) is 14.0. The minimum atomic E-state index is 1.24. The molecule has 4 aromatic carbocycles. The number of hydrogen-bond donors (Lipinski definition) is 0. The van der Waals surface area contributed by atoms with Gasteiger partial charge in [0, 0.05) is 7.14 Å². The highest BCUT2D eigenvalue weighted by atomic mass is 127. The van der Waals surface area contributed by atoms with Crippen LogP contribution < -0.4 is 0 Å². The van der Waals surface area contributed by atoms with Crippen LogP contribution in [0.4, 0.5) is 0 Å². The maximum atomic E-state index is 2.34. The van der Waals surface area contributed by atoms with E-state index >= 15 is 0 Å². The third-order valence-electron chi connectivity index (χ3n) is 4.46. The van der Waals surface area contributed by atoms with Crippen LogP contribution in [0.3, 0.4) is 0 Å². The van der Waals surface area contributed by atoms with Gasteiger partial charge in [0.15, 0.2) is 0 Å². The first kappa shape index (κ1) is 17.7. The van der Waals surface area contributed by atoms with Crippen molar-refractivity contribution in [2.24, 2.45) is 0 Å². The molecule has 26 heavy (non-hydrogen) atoms. The summed E-state index contributed by atoms with van der Waals surface area (Å²) in [4.78, 5) is 0. The summed E-state index contributed by atoms with van der Waals surface area (Å²) in [6.45, 7) is 0. The highest BCUT2D eigenvalue weighted by Crippen LogP contribution is 2.28. The smallest absolute Gasteiger partial charge is 0.0130 e. The van der Waals surface area contributed by atoms with Gasteiger partial charge in [0.25, 0.3) is 0 Å². The molecular weight excluding hydrogens is 542 g/mol. The lowest BCUT2D eigenvalue weighted by Gasteiger charge is -2.07. The van der Waals surface area contributed by atoms with E-state index in [1.165, 1.54) is 40.5 Å². The average Bonchev–Trinajstić information content (AvgIpc) is 2.70. The Kier molecular flexibility index (Phi) is 5.41. The van der Waals surface area contributed by atoms with Crippen molar-refractivity contribution < 1.29 is 0 Å². The second-order valence-corrected chi connectivity index (χ2v) is 8.66. The molecule has 0 saturated heterocycles. The topological polar surface area (TPSA) is 0 Å². The van der Waals surface area contributed by atoms with E-state index in [0.29, 0.717) is 0 Å². The van der Waals surface area contributed by atoms with Crippen molar-refractivity contribution in [2.75, 3.05) is 0 Å². The van der Waals surface area contributed by atoms with Crippen molar-refractivity contribution in [1.29, 1.82) is 0 Å². The van der Waals surface area contributed by atoms with E-state index in [0.717, 1.165) is 0 Å². The monoisotopic (exact) mass is 558 g/mol. The Labute approximate surface area is 181 Å². The first-order valence-electron chi connectivity index (χ1n) is 8.41.